The Labute approximate surface area is 250 Å². The van der Waals surface area contributed by atoms with Crippen LogP contribution in [0.3, 0.4) is 0 Å². The number of carboxylic acids is 1. The van der Waals surface area contributed by atoms with Gasteiger partial charge in [-0.1, -0.05) is 74.5 Å². The Hall–Kier alpha value is -4.96. The van der Waals surface area contributed by atoms with Crippen molar-refractivity contribution in [2.75, 3.05) is 13.7 Å². The Kier molecular flexibility index (Phi) is 9.95. The van der Waals surface area contributed by atoms with E-state index in [0.29, 0.717) is 28.1 Å². The lowest BCUT2D eigenvalue weighted by atomic mass is 9.96. The molecule has 0 saturated carbocycles. The number of rotatable bonds is 11. The SMILES string of the molecule is COc1cccc(C2=CN(C(=O)c3ccccc3)C(C(C)C)C(=O)N2CC(=O)N[C@@H](Cc2ccccc2)C(O)C(=O)O)c1. The van der Waals surface area contributed by atoms with Gasteiger partial charge in [-0.3, -0.25) is 19.3 Å². The van der Waals surface area contributed by atoms with Crippen LogP contribution in [-0.4, -0.2) is 75.5 Å². The van der Waals surface area contributed by atoms with Crippen molar-refractivity contribution in [1.82, 2.24) is 15.1 Å². The predicted octanol–water partition coefficient (Wildman–Crippen LogP) is 3.18. The summed E-state index contributed by atoms with van der Waals surface area (Å²) in [5, 5.41) is 22.5. The first-order chi connectivity index (χ1) is 20.6. The average Bonchev–Trinajstić information content (AvgIpc) is 3.01. The Bertz CT molecular complexity index is 1490. The molecule has 3 atom stereocenters. The number of aliphatic hydroxyl groups is 1. The van der Waals surface area contributed by atoms with E-state index >= 15 is 0 Å². The van der Waals surface area contributed by atoms with E-state index in [4.69, 9.17) is 4.74 Å². The van der Waals surface area contributed by atoms with Gasteiger partial charge in [-0.2, -0.15) is 0 Å². The second-order valence-corrected chi connectivity index (χ2v) is 10.6. The second kappa shape index (κ2) is 13.8. The summed E-state index contributed by atoms with van der Waals surface area (Å²) < 4.78 is 5.38. The topological polar surface area (TPSA) is 136 Å². The Balaban J connectivity index is 1.72. The van der Waals surface area contributed by atoms with Crippen LogP contribution in [0.4, 0.5) is 0 Å². The molecule has 10 nitrogen and oxygen atoms in total. The molecular weight excluding hydrogens is 550 g/mol. The van der Waals surface area contributed by atoms with Crippen LogP contribution >= 0.6 is 0 Å². The van der Waals surface area contributed by atoms with Crippen molar-refractivity contribution in [2.24, 2.45) is 5.92 Å². The number of methoxy groups -OCH3 is 1. The lowest BCUT2D eigenvalue weighted by Crippen LogP contribution is -2.57. The standard InChI is InChI=1S/C33H35N3O7/c1-21(2)29-32(40)35(20-28(37)34-26(30(38)33(41)42)17-22-11-6-4-7-12-22)27(24-15-10-16-25(18-24)43-3)19-36(29)31(39)23-13-8-5-9-14-23/h4-16,18-19,21,26,29-30,38H,17,20H2,1-3H3,(H,34,37)(H,41,42)/t26-,29?,30?/m0/s1. The number of carbonyl (C=O) groups excluding carboxylic acids is 3. The van der Waals surface area contributed by atoms with E-state index in [-0.39, 0.29) is 18.2 Å². The fourth-order valence-electron chi connectivity index (χ4n) is 5.05. The van der Waals surface area contributed by atoms with Gasteiger partial charge in [-0.25, -0.2) is 4.79 Å². The highest BCUT2D eigenvalue weighted by atomic mass is 16.5. The maximum absolute atomic E-state index is 14.1. The van der Waals surface area contributed by atoms with Crippen LogP contribution in [0, 0.1) is 5.92 Å². The minimum absolute atomic E-state index is 0.0561. The molecule has 2 unspecified atom stereocenters. The van der Waals surface area contributed by atoms with Gasteiger partial charge in [0.15, 0.2) is 6.10 Å². The number of ether oxygens (including phenoxy) is 1. The molecule has 0 saturated heterocycles. The molecule has 3 N–H and O–H groups in total. The quantitative estimate of drug-likeness (QED) is 0.314. The number of amides is 3. The molecule has 0 radical (unpaired) electrons. The van der Waals surface area contributed by atoms with Crippen molar-refractivity contribution in [3.8, 4) is 5.75 Å². The molecule has 0 bridgehead atoms. The largest absolute Gasteiger partial charge is 0.497 e. The van der Waals surface area contributed by atoms with Gasteiger partial charge in [-0.15, -0.1) is 0 Å². The summed E-state index contributed by atoms with van der Waals surface area (Å²) in [6.45, 7) is 3.15. The zero-order valence-corrected chi connectivity index (χ0v) is 24.2. The van der Waals surface area contributed by atoms with Crippen molar-refractivity contribution >= 4 is 29.4 Å². The highest BCUT2D eigenvalue weighted by Crippen LogP contribution is 2.32. The van der Waals surface area contributed by atoms with E-state index in [9.17, 15) is 29.4 Å². The van der Waals surface area contributed by atoms with Crippen molar-refractivity contribution in [3.05, 3.63) is 108 Å². The monoisotopic (exact) mass is 585 g/mol. The van der Waals surface area contributed by atoms with Crippen LogP contribution in [-0.2, 0) is 20.8 Å². The summed E-state index contributed by atoms with van der Waals surface area (Å²) >= 11 is 0. The van der Waals surface area contributed by atoms with Crippen molar-refractivity contribution in [1.29, 1.82) is 0 Å². The van der Waals surface area contributed by atoms with Crippen LogP contribution in [0.5, 0.6) is 5.75 Å². The average molecular weight is 586 g/mol. The summed E-state index contributed by atoms with van der Waals surface area (Å²) in [5.41, 5.74) is 1.94. The lowest BCUT2D eigenvalue weighted by Gasteiger charge is -2.41. The Morgan fingerprint density at radius 3 is 2.21 bits per heavy atom. The molecule has 3 aromatic rings. The molecular formula is C33H35N3O7. The molecule has 1 aliphatic rings. The summed E-state index contributed by atoms with van der Waals surface area (Å²) in [6.07, 6.45) is -0.255. The Morgan fingerprint density at radius 2 is 1.60 bits per heavy atom. The molecule has 1 aliphatic heterocycles. The number of aliphatic hydroxyl groups excluding tert-OH is 1. The molecule has 0 aromatic heterocycles. The minimum Gasteiger partial charge on any atom is -0.497 e. The summed E-state index contributed by atoms with van der Waals surface area (Å²) in [5.74, 6) is -2.81. The van der Waals surface area contributed by atoms with Crippen LogP contribution in [0.2, 0.25) is 0 Å². The zero-order valence-electron chi connectivity index (χ0n) is 24.2. The number of nitrogens with one attached hydrogen (secondary N) is 1. The van der Waals surface area contributed by atoms with Gasteiger partial charge < -0.3 is 25.2 Å². The summed E-state index contributed by atoms with van der Waals surface area (Å²) in [7, 11) is 1.51. The van der Waals surface area contributed by atoms with Gasteiger partial charge in [0, 0.05) is 17.3 Å². The van der Waals surface area contributed by atoms with Gasteiger partial charge in [-0.05, 0) is 42.2 Å². The number of nitrogens with zero attached hydrogens (tertiary/aromatic N) is 2. The fraction of sp³-hybridized carbons (Fsp3) is 0.273. The normalized spacial score (nSPS) is 16.3. The molecule has 3 aromatic carbocycles. The van der Waals surface area contributed by atoms with Gasteiger partial charge >= 0.3 is 5.97 Å². The van der Waals surface area contributed by atoms with E-state index < -0.39 is 42.5 Å². The smallest absolute Gasteiger partial charge is 0.334 e. The van der Waals surface area contributed by atoms with E-state index in [1.54, 1.807) is 91.1 Å². The third-order valence-electron chi connectivity index (χ3n) is 7.20. The predicted molar refractivity (Wildman–Crippen MR) is 160 cm³/mol. The summed E-state index contributed by atoms with van der Waals surface area (Å²) in [4.78, 5) is 55.6. The molecule has 1 heterocycles. The van der Waals surface area contributed by atoms with E-state index in [1.165, 1.54) is 16.9 Å². The third-order valence-corrected chi connectivity index (χ3v) is 7.20. The highest BCUT2D eigenvalue weighted by molar-refractivity contribution is 6.03. The number of carboxylic acid groups (broad SMARTS) is 1. The Morgan fingerprint density at radius 1 is 0.953 bits per heavy atom. The van der Waals surface area contributed by atoms with Crippen molar-refractivity contribution in [2.45, 2.75) is 38.5 Å². The number of hydrogen-bond donors (Lipinski definition) is 3. The first-order valence-electron chi connectivity index (χ1n) is 13.9. The molecule has 43 heavy (non-hydrogen) atoms. The van der Waals surface area contributed by atoms with Crippen LogP contribution in [0.1, 0.15) is 35.3 Å². The van der Waals surface area contributed by atoms with Crippen molar-refractivity contribution in [3.63, 3.8) is 0 Å². The maximum Gasteiger partial charge on any atom is 0.334 e. The van der Waals surface area contributed by atoms with Gasteiger partial charge in [0.05, 0.1) is 18.8 Å². The molecule has 0 aliphatic carbocycles. The zero-order chi connectivity index (χ0) is 31.1. The first-order valence-corrected chi connectivity index (χ1v) is 13.9. The number of benzene rings is 3. The van der Waals surface area contributed by atoms with E-state index in [2.05, 4.69) is 5.32 Å². The maximum atomic E-state index is 14.1. The first kappa shape index (κ1) is 31.0. The van der Waals surface area contributed by atoms with Crippen LogP contribution in [0.25, 0.3) is 5.70 Å². The van der Waals surface area contributed by atoms with Crippen molar-refractivity contribution < 1.29 is 34.1 Å². The fourth-order valence-corrected chi connectivity index (χ4v) is 5.05. The number of carbonyl (C=O) groups is 4. The molecule has 224 valence electrons. The van der Waals surface area contributed by atoms with Crippen LogP contribution in [0.15, 0.2) is 91.1 Å². The van der Waals surface area contributed by atoms with Gasteiger partial charge in [0.25, 0.3) is 11.8 Å². The molecule has 10 heteroatoms. The number of hydrogen-bond acceptors (Lipinski definition) is 6. The number of aliphatic carboxylic acids is 1. The second-order valence-electron chi connectivity index (χ2n) is 10.6. The highest BCUT2D eigenvalue weighted by Gasteiger charge is 2.41. The van der Waals surface area contributed by atoms with Gasteiger partial charge in [0.2, 0.25) is 5.91 Å². The summed E-state index contributed by atoms with van der Waals surface area (Å²) in [6, 6.07) is 22.3. The van der Waals surface area contributed by atoms with Gasteiger partial charge in [0.1, 0.15) is 18.3 Å². The molecule has 0 fully saturated rings. The lowest BCUT2D eigenvalue weighted by molar-refractivity contribution is -0.149. The minimum atomic E-state index is -1.88. The van der Waals surface area contributed by atoms with E-state index in [1.807, 2.05) is 13.8 Å². The molecule has 0 spiro atoms. The molecule has 3 amide bonds. The molecule has 4 rings (SSSR count). The van der Waals surface area contributed by atoms with E-state index in [0.717, 1.165) is 0 Å². The third kappa shape index (κ3) is 7.28. The van der Waals surface area contributed by atoms with Crippen LogP contribution < -0.4 is 10.1 Å².